The number of ether oxygens (including phenoxy) is 1. The van der Waals surface area contributed by atoms with Crippen molar-refractivity contribution in [3.63, 3.8) is 0 Å². The third kappa shape index (κ3) is 4.05. The van der Waals surface area contributed by atoms with Crippen molar-refractivity contribution in [3.8, 4) is 16.2 Å². The fraction of sp³-hybridized carbons (Fsp3) is 0.0800. The topological polar surface area (TPSA) is 57.2 Å². The normalized spacial score (nSPS) is 11.8. The summed E-state index contributed by atoms with van der Waals surface area (Å²) in [5.41, 5.74) is 9.63. The van der Waals surface area contributed by atoms with Crippen molar-refractivity contribution in [2.75, 3.05) is 0 Å². The van der Waals surface area contributed by atoms with Crippen LogP contribution in [0.25, 0.3) is 32.2 Å². The van der Waals surface area contributed by atoms with Crippen LogP contribution in [0, 0.1) is 0 Å². The first kappa shape index (κ1) is 21.1. The van der Waals surface area contributed by atoms with Crippen molar-refractivity contribution in [1.29, 1.82) is 0 Å². The maximum atomic E-state index is 12.5. The molecule has 2 heterocycles. The summed E-state index contributed by atoms with van der Waals surface area (Å²) in [5.74, 6) is -0.792. The second-order valence-corrected chi connectivity index (χ2v) is 8.50. The van der Waals surface area contributed by atoms with E-state index in [1.54, 1.807) is 35.6 Å². The number of primary amides is 1. The summed E-state index contributed by atoms with van der Waals surface area (Å²) < 4.78 is 43.5. The summed E-state index contributed by atoms with van der Waals surface area (Å²) >= 11 is 1.63. The number of hydrogen-bond acceptors (Lipinski definition) is 3. The third-order valence-electron chi connectivity index (χ3n) is 5.46. The second-order valence-electron chi connectivity index (χ2n) is 7.55. The zero-order valence-electron chi connectivity index (χ0n) is 17.1. The van der Waals surface area contributed by atoms with Crippen LogP contribution >= 0.6 is 11.3 Å². The molecule has 1 amide bonds. The molecular formula is C25H17F3N2O2S. The molecule has 0 aliphatic carbocycles. The molecule has 0 aliphatic heterocycles. The van der Waals surface area contributed by atoms with Crippen LogP contribution in [0.3, 0.4) is 0 Å². The van der Waals surface area contributed by atoms with Crippen LogP contribution in [-0.4, -0.2) is 16.8 Å². The molecule has 0 unspecified atom stereocenters. The number of alkyl halides is 3. The molecule has 2 aromatic heterocycles. The monoisotopic (exact) mass is 466 g/mol. The molecule has 8 heteroatoms. The maximum Gasteiger partial charge on any atom is 0.573 e. The lowest BCUT2D eigenvalue weighted by Gasteiger charge is -2.11. The number of nitrogens with zero attached hydrogens (tertiary/aromatic N) is 1. The number of carbonyl (C=O) groups excluding carboxylic acids is 1. The lowest BCUT2D eigenvalue weighted by atomic mass is 10.0. The number of carbonyl (C=O) groups is 1. The molecule has 0 spiro atoms. The van der Waals surface area contributed by atoms with Crippen molar-refractivity contribution >= 4 is 39.0 Å². The predicted octanol–water partition coefficient (Wildman–Crippen LogP) is 6.57. The number of hydrogen-bond donors (Lipinski definition) is 1. The Morgan fingerprint density at radius 3 is 2.42 bits per heavy atom. The Hall–Kier alpha value is -3.78. The van der Waals surface area contributed by atoms with Gasteiger partial charge in [0.15, 0.2) is 0 Å². The van der Waals surface area contributed by atoms with Crippen LogP contribution in [0.15, 0.2) is 78.2 Å². The molecule has 5 rings (SSSR count). The average molecular weight is 466 g/mol. The first-order valence-corrected chi connectivity index (χ1v) is 10.9. The number of benzene rings is 3. The fourth-order valence-corrected chi connectivity index (χ4v) is 4.82. The number of fused-ring (bicyclic) bond motifs is 3. The minimum Gasteiger partial charge on any atom is -0.406 e. The summed E-state index contributed by atoms with van der Waals surface area (Å²) in [7, 11) is 0. The number of amides is 1. The Morgan fingerprint density at radius 2 is 1.76 bits per heavy atom. The lowest BCUT2D eigenvalue weighted by molar-refractivity contribution is -0.274. The summed E-state index contributed by atoms with van der Waals surface area (Å²) in [6.07, 6.45) is -4.74. The van der Waals surface area contributed by atoms with Crippen molar-refractivity contribution < 1.29 is 22.7 Å². The van der Waals surface area contributed by atoms with Gasteiger partial charge in [0.1, 0.15) is 5.75 Å². The van der Waals surface area contributed by atoms with Crippen LogP contribution in [0.1, 0.15) is 15.9 Å². The summed E-state index contributed by atoms with van der Waals surface area (Å²) in [4.78, 5) is 13.2. The van der Waals surface area contributed by atoms with Crippen LogP contribution < -0.4 is 10.5 Å². The van der Waals surface area contributed by atoms with Gasteiger partial charge in [-0.3, -0.25) is 4.79 Å². The van der Waals surface area contributed by atoms with Crippen molar-refractivity contribution in [3.05, 3.63) is 89.3 Å². The van der Waals surface area contributed by atoms with Crippen molar-refractivity contribution in [2.24, 2.45) is 5.73 Å². The SMILES string of the molecule is NC(=O)c1cccc2c1c1ccc(-c3cccs3)cc1n2Cc1ccc(OC(F)(F)F)cc1. The van der Waals surface area contributed by atoms with E-state index in [1.165, 1.54) is 12.1 Å². The molecule has 0 saturated carbocycles. The maximum absolute atomic E-state index is 12.5. The van der Waals surface area contributed by atoms with E-state index in [0.29, 0.717) is 12.1 Å². The van der Waals surface area contributed by atoms with E-state index in [1.807, 2.05) is 40.3 Å². The summed E-state index contributed by atoms with van der Waals surface area (Å²) in [6, 6.07) is 21.2. The highest BCUT2D eigenvalue weighted by molar-refractivity contribution is 7.13. The molecule has 2 N–H and O–H groups in total. The van der Waals surface area contributed by atoms with E-state index in [2.05, 4.69) is 10.8 Å². The molecule has 0 saturated heterocycles. The number of rotatable bonds is 5. The zero-order chi connectivity index (χ0) is 23.2. The van der Waals surface area contributed by atoms with Crippen LogP contribution in [0.5, 0.6) is 5.75 Å². The molecule has 0 bridgehead atoms. The molecule has 3 aromatic carbocycles. The summed E-state index contributed by atoms with van der Waals surface area (Å²) in [5, 5.41) is 3.65. The van der Waals surface area contributed by atoms with Gasteiger partial charge < -0.3 is 15.0 Å². The van der Waals surface area contributed by atoms with Crippen LogP contribution in [0.4, 0.5) is 13.2 Å². The van der Waals surface area contributed by atoms with E-state index >= 15 is 0 Å². The van der Waals surface area contributed by atoms with Gasteiger partial charge >= 0.3 is 6.36 Å². The lowest BCUT2D eigenvalue weighted by Crippen LogP contribution is -2.17. The number of nitrogens with two attached hydrogens (primary N) is 1. The average Bonchev–Trinajstić information content (AvgIpc) is 3.41. The van der Waals surface area contributed by atoms with E-state index < -0.39 is 12.3 Å². The van der Waals surface area contributed by atoms with Gasteiger partial charge in [0.25, 0.3) is 0 Å². The standard InChI is InChI=1S/C25H17F3N2O2S/c26-25(27,28)32-17-9-6-15(7-10-17)14-30-20-4-1-3-19(24(29)31)23(20)18-11-8-16(13-21(18)30)22-5-2-12-33-22/h1-13H,14H2,(H2,29,31). The first-order chi connectivity index (χ1) is 15.8. The molecule has 0 aliphatic rings. The van der Waals surface area contributed by atoms with E-state index in [4.69, 9.17) is 5.73 Å². The highest BCUT2D eigenvalue weighted by Crippen LogP contribution is 2.36. The minimum atomic E-state index is -4.74. The van der Waals surface area contributed by atoms with E-state index in [-0.39, 0.29) is 5.75 Å². The van der Waals surface area contributed by atoms with Crippen LogP contribution in [0.2, 0.25) is 0 Å². The zero-order valence-corrected chi connectivity index (χ0v) is 17.9. The highest BCUT2D eigenvalue weighted by Gasteiger charge is 2.31. The van der Waals surface area contributed by atoms with Gasteiger partial charge in [-0.15, -0.1) is 24.5 Å². The first-order valence-electron chi connectivity index (χ1n) is 10.0. The van der Waals surface area contributed by atoms with Crippen LogP contribution in [-0.2, 0) is 6.54 Å². The Labute approximate surface area is 190 Å². The Kier molecular flexibility index (Phi) is 5.09. The fourth-order valence-electron chi connectivity index (χ4n) is 4.10. The number of aromatic nitrogens is 1. The van der Waals surface area contributed by atoms with Gasteiger partial charge in [-0.2, -0.15) is 0 Å². The molecule has 33 heavy (non-hydrogen) atoms. The van der Waals surface area contributed by atoms with Crippen molar-refractivity contribution in [1.82, 2.24) is 4.57 Å². The van der Waals surface area contributed by atoms with Gasteiger partial charge in [-0.05, 0) is 52.9 Å². The molecule has 0 radical (unpaired) electrons. The Bertz CT molecular complexity index is 1470. The quantitative estimate of drug-likeness (QED) is 0.319. The number of halogens is 3. The summed E-state index contributed by atoms with van der Waals surface area (Å²) in [6.45, 7) is 0.391. The predicted molar refractivity (Wildman–Crippen MR) is 124 cm³/mol. The molecular weight excluding hydrogens is 449 g/mol. The Balaban J connectivity index is 1.66. The highest BCUT2D eigenvalue weighted by atomic mass is 32.1. The molecule has 4 nitrogen and oxygen atoms in total. The Morgan fingerprint density at radius 1 is 0.970 bits per heavy atom. The van der Waals surface area contributed by atoms with Gasteiger partial charge in [-0.1, -0.05) is 36.4 Å². The van der Waals surface area contributed by atoms with Gasteiger partial charge in [0.05, 0.1) is 11.0 Å². The largest absolute Gasteiger partial charge is 0.573 e. The van der Waals surface area contributed by atoms with Crippen molar-refractivity contribution in [2.45, 2.75) is 12.9 Å². The second kappa shape index (κ2) is 7.97. The smallest absolute Gasteiger partial charge is 0.406 e. The minimum absolute atomic E-state index is 0.274. The third-order valence-corrected chi connectivity index (χ3v) is 6.38. The molecule has 5 aromatic rings. The number of thiophene rings is 1. The molecule has 0 atom stereocenters. The molecule has 0 fully saturated rings. The van der Waals surface area contributed by atoms with E-state index in [0.717, 1.165) is 37.8 Å². The van der Waals surface area contributed by atoms with E-state index in [9.17, 15) is 18.0 Å². The van der Waals surface area contributed by atoms with Gasteiger partial charge in [0.2, 0.25) is 5.91 Å². The van der Waals surface area contributed by atoms with Gasteiger partial charge in [-0.25, -0.2) is 0 Å². The van der Waals surface area contributed by atoms with Gasteiger partial charge in [0, 0.05) is 27.8 Å². The molecule has 166 valence electrons.